The summed E-state index contributed by atoms with van der Waals surface area (Å²) in [6, 6.07) is 13.3. The van der Waals surface area contributed by atoms with E-state index >= 15 is 0 Å². The summed E-state index contributed by atoms with van der Waals surface area (Å²) in [5.41, 5.74) is -1.28. The standard InChI is InChI=1S/C25H27Cl2N3O5/c1-15(2)35-20-10-9-18(11-19(20)27)28-21-12-22(31)30(14-25(3,4)23(32)33)24(34)29(21)13-16-5-7-17(26)8-6-16/h5-12,15,28H,13-14H2,1-4H3,(H,32,33). The van der Waals surface area contributed by atoms with E-state index < -0.39 is 22.6 Å². The summed E-state index contributed by atoms with van der Waals surface area (Å²) < 4.78 is 7.96. The van der Waals surface area contributed by atoms with Crippen molar-refractivity contribution in [2.45, 2.75) is 46.9 Å². The van der Waals surface area contributed by atoms with Crippen LogP contribution >= 0.6 is 23.2 Å². The van der Waals surface area contributed by atoms with Crippen LogP contribution < -0.4 is 21.3 Å². The van der Waals surface area contributed by atoms with Crippen molar-refractivity contribution in [1.82, 2.24) is 9.13 Å². The zero-order chi connectivity index (χ0) is 25.9. The van der Waals surface area contributed by atoms with Crippen LogP contribution in [0.25, 0.3) is 0 Å². The van der Waals surface area contributed by atoms with Gasteiger partial charge in [-0.1, -0.05) is 35.3 Å². The summed E-state index contributed by atoms with van der Waals surface area (Å²) in [5.74, 6) is -0.376. The number of carbonyl (C=O) groups is 1. The molecule has 3 aromatic rings. The van der Waals surface area contributed by atoms with Gasteiger partial charge in [0, 0.05) is 23.3 Å². The van der Waals surface area contributed by atoms with Gasteiger partial charge < -0.3 is 15.2 Å². The van der Waals surface area contributed by atoms with Crippen molar-refractivity contribution in [3.05, 3.63) is 85.0 Å². The minimum atomic E-state index is -1.32. The van der Waals surface area contributed by atoms with Crippen LogP contribution in [0.5, 0.6) is 5.75 Å². The van der Waals surface area contributed by atoms with Crippen LogP contribution in [0.1, 0.15) is 33.3 Å². The van der Waals surface area contributed by atoms with E-state index in [4.69, 9.17) is 27.9 Å². The highest BCUT2D eigenvalue weighted by Crippen LogP contribution is 2.30. The van der Waals surface area contributed by atoms with Gasteiger partial charge in [-0.3, -0.25) is 18.7 Å². The Labute approximate surface area is 212 Å². The van der Waals surface area contributed by atoms with Crippen molar-refractivity contribution in [2.75, 3.05) is 5.32 Å². The second-order valence-electron chi connectivity index (χ2n) is 9.07. The van der Waals surface area contributed by atoms with E-state index in [1.807, 2.05) is 13.8 Å². The summed E-state index contributed by atoms with van der Waals surface area (Å²) in [4.78, 5) is 38.0. The zero-order valence-corrected chi connectivity index (χ0v) is 21.4. The van der Waals surface area contributed by atoms with E-state index in [9.17, 15) is 19.5 Å². The van der Waals surface area contributed by atoms with Gasteiger partial charge in [0.15, 0.2) is 0 Å². The lowest BCUT2D eigenvalue weighted by atomic mass is 9.94. The SMILES string of the molecule is CC(C)Oc1ccc(Nc2cc(=O)n(CC(C)(C)C(=O)O)c(=O)n2Cc2ccc(Cl)cc2)cc1Cl. The highest BCUT2D eigenvalue weighted by Gasteiger charge is 2.29. The molecule has 0 bridgehead atoms. The predicted molar refractivity (Wildman–Crippen MR) is 137 cm³/mol. The third kappa shape index (κ3) is 6.46. The van der Waals surface area contributed by atoms with Crippen LogP contribution in [0.4, 0.5) is 11.5 Å². The van der Waals surface area contributed by atoms with E-state index in [0.717, 1.165) is 10.1 Å². The van der Waals surface area contributed by atoms with Crippen LogP contribution in [0.15, 0.2) is 58.1 Å². The maximum Gasteiger partial charge on any atom is 0.332 e. The summed E-state index contributed by atoms with van der Waals surface area (Å²) in [5, 5.41) is 13.5. The summed E-state index contributed by atoms with van der Waals surface area (Å²) >= 11 is 12.3. The van der Waals surface area contributed by atoms with E-state index in [1.165, 1.54) is 24.5 Å². The number of aliphatic carboxylic acids is 1. The fraction of sp³-hybridized carbons (Fsp3) is 0.320. The molecule has 0 saturated carbocycles. The van der Waals surface area contributed by atoms with E-state index in [2.05, 4.69) is 5.32 Å². The molecule has 8 nitrogen and oxygen atoms in total. The number of rotatable bonds is 9. The molecule has 0 spiro atoms. The molecule has 0 saturated heterocycles. The number of ether oxygens (including phenoxy) is 1. The third-order valence-corrected chi connectivity index (χ3v) is 5.78. The van der Waals surface area contributed by atoms with Crippen LogP contribution in [-0.2, 0) is 17.9 Å². The average molecular weight is 520 g/mol. The second-order valence-corrected chi connectivity index (χ2v) is 9.92. The summed E-state index contributed by atoms with van der Waals surface area (Å²) in [6.45, 7) is 6.53. The van der Waals surface area contributed by atoms with Gasteiger partial charge >= 0.3 is 11.7 Å². The number of hydrogen-bond acceptors (Lipinski definition) is 5. The smallest absolute Gasteiger partial charge is 0.332 e. The molecule has 0 radical (unpaired) electrons. The molecule has 35 heavy (non-hydrogen) atoms. The molecule has 0 aliphatic heterocycles. The fourth-order valence-corrected chi connectivity index (χ4v) is 3.68. The Morgan fingerprint density at radius 3 is 2.29 bits per heavy atom. The lowest BCUT2D eigenvalue weighted by Gasteiger charge is -2.22. The van der Waals surface area contributed by atoms with Gasteiger partial charge in [0.1, 0.15) is 11.6 Å². The first kappa shape index (κ1) is 26.4. The van der Waals surface area contributed by atoms with Gasteiger partial charge in [0.2, 0.25) is 0 Å². The Hall–Kier alpha value is -3.23. The molecule has 10 heteroatoms. The molecule has 1 aromatic heterocycles. The molecule has 0 amide bonds. The lowest BCUT2D eigenvalue weighted by molar-refractivity contribution is -0.147. The highest BCUT2D eigenvalue weighted by atomic mass is 35.5. The Balaban J connectivity index is 2.08. The molecule has 0 unspecified atom stereocenters. The van der Waals surface area contributed by atoms with Crippen LogP contribution in [0.3, 0.4) is 0 Å². The van der Waals surface area contributed by atoms with E-state index in [-0.39, 0.29) is 25.0 Å². The van der Waals surface area contributed by atoms with Gasteiger partial charge in [-0.2, -0.15) is 0 Å². The minimum absolute atomic E-state index is 0.0569. The molecular formula is C25H27Cl2N3O5. The molecule has 3 rings (SSSR count). The second kappa shape index (κ2) is 10.6. The number of anilines is 2. The van der Waals surface area contributed by atoms with Gasteiger partial charge in [0.05, 0.1) is 23.1 Å². The molecule has 0 atom stereocenters. The Kier molecular flexibility index (Phi) is 7.97. The first-order valence-corrected chi connectivity index (χ1v) is 11.7. The average Bonchev–Trinajstić information content (AvgIpc) is 2.77. The number of carboxylic acid groups (broad SMARTS) is 1. The van der Waals surface area contributed by atoms with Gasteiger partial charge in [0.25, 0.3) is 5.56 Å². The van der Waals surface area contributed by atoms with Gasteiger partial charge in [-0.15, -0.1) is 0 Å². The normalized spacial score (nSPS) is 11.5. The van der Waals surface area contributed by atoms with Crippen molar-refractivity contribution in [3.63, 3.8) is 0 Å². The van der Waals surface area contributed by atoms with Crippen LogP contribution in [-0.4, -0.2) is 26.3 Å². The number of nitrogens with zero attached hydrogens (tertiary/aromatic N) is 2. The minimum Gasteiger partial charge on any atom is -0.489 e. The quantitative estimate of drug-likeness (QED) is 0.412. The molecule has 1 heterocycles. The van der Waals surface area contributed by atoms with Crippen molar-refractivity contribution in [1.29, 1.82) is 0 Å². The fourth-order valence-electron chi connectivity index (χ4n) is 3.33. The maximum atomic E-state index is 13.4. The number of carboxylic acids is 1. The monoisotopic (exact) mass is 519 g/mol. The molecule has 2 N–H and O–H groups in total. The predicted octanol–water partition coefficient (Wildman–Crippen LogP) is 5.01. The number of hydrogen-bond donors (Lipinski definition) is 2. The molecule has 0 fully saturated rings. The Morgan fingerprint density at radius 2 is 1.71 bits per heavy atom. The van der Waals surface area contributed by atoms with Crippen molar-refractivity contribution >= 4 is 40.7 Å². The lowest BCUT2D eigenvalue weighted by Crippen LogP contribution is -2.45. The third-order valence-electron chi connectivity index (χ3n) is 5.23. The first-order valence-electron chi connectivity index (χ1n) is 10.9. The van der Waals surface area contributed by atoms with Crippen molar-refractivity contribution < 1.29 is 14.6 Å². The highest BCUT2D eigenvalue weighted by molar-refractivity contribution is 6.32. The van der Waals surface area contributed by atoms with Crippen LogP contribution in [0.2, 0.25) is 10.0 Å². The topological polar surface area (TPSA) is 103 Å². The molecule has 0 aliphatic carbocycles. The number of halogens is 2. The van der Waals surface area contributed by atoms with Crippen LogP contribution in [0, 0.1) is 5.41 Å². The maximum absolute atomic E-state index is 13.4. The largest absolute Gasteiger partial charge is 0.489 e. The number of aromatic nitrogens is 2. The summed E-state index contributed by atoms with van der Waals surface area (Å²) in [7, 11) is 0. The first-order chi connectivity index (χ1) is 16.4. The van der Waals surface area contributed by atoms with E-state index in [0.29, 0.717) is 21.5 Å². The summed E-state index contributed by atoms with van der Waals surface area (Å²) in [6.07, 6.45) is -0.0569. The van der Waals surface area contributed by atoms with Crippen molar-refractivity contribution in [3.8, 4) is 5.75 Å². The molecule has 0 aliphatic rings. The molecular weight excluding hydrogens is 493 g/mol. The van der Waals surface area contributed by atoms with Gasteiger partial charge in [-0.05, 0) is 63.6 Å². The number of nitrogens with one attached hydrogen (secondary N) is 1. The van der Waals surface area contributed by atoms with Gasteiger partial charge in [-0.25, -0.2) is 4.79 Å². The molecule has 2 aromatic carbocycles. The Morgan fingerprint density at radius 1 is 1.06 bits per heavy atom. The van der Waals surface area contributed by atoms with E-state index in [1.54, 1.807) is 42.5 Å². The van der Waals surface area contributed by atoms with Crippen molar-refractivity contribution in [2.24, 2.45) is 5.41 Å². The number of benzene rings is 2. The zero-order valence-electron chi connectivity index (χ0n) is 19.8. The Bertz CT molecular complexity index is 1340. The molecule has 186 valence electrons.